The van der Waals surface area contributed by atoms with E-state index in [-0.39, 0.29) is 6.61 Å². The van der Waals surface area contributed by atoms with Crippen molar-refractivity contribution in [1.29, 1.82) is 0 Å². The van der Waals surface area contributed by atoms with Crippen LogP contribution < -0.4 is 5.32 Å². The Bertz CT molecular complexity index is 391. The van der Waals surface area contributed by atoms with E-state index in [1.54, 1.807) is 0 Å². The van der Waals surface area contributed by atoms with Crippen LogP contribution in [0, 0.1) is 0 Å². The van der Waals surface area contributed by atoms with E-state index in [0.717, 1.165) is 29.8 Å². The Morgan fingerprint density at radius 1 is 1.27 bits per heavy atom. The van der Waals surface area contributed by atoms with Crippen molar-refractivity contribution in [2.75, 3.05) is 19.7 Å². The zero-order chi connectivity index (χ0) is 10.5. The number of H-pyrrole nitrogens is 1. The number of nitrogens with one attached hydrogen (secondary N) is 2. The van der Waals surface area contributed by atoms with Crippen molar-refractivity contribution in [2.24, 2.45) is 0 Å². The minimum Gasteiger partial charge on any atom is -0.395 e. The highest BCUT2D eigenvalue weighted by molar-refractivity contribution is 5.74. The summed E-state index contributed by atoms with van der Waals surface area (Å²) in [6.45, 7) is 1.65. The van der Waals surface area contributed by atoms with Crippen LogP contribution in [0.5, 0.6) is 0 Å². The summed E-state index contributed by atoms with van der Waals surface area (Å²) >= 11 is 0. The normalized spacial score (nSPS) is 11.0. The second-order valence-electron chi connectivity index (χ2n) is 3.42. The molecule has 2 rings (SSSR count). The molecule has 1 aromatic heterocycles. The Morgan fingerprint density at radius 2 is 2.13 bits per heavy atom. The number of benzene rings is 1. The maximum absolute atomic E-state index is 8.59. The second kappa shape index (κ2) is 4.91. The predicted molar refractivity (Wildman–Crippen MR) is 59.8 cm³/mol. The number of para-hydroxylation sites is 2. The molecule has 0 aliphatic carbocycles. The van der Waals surface area contributed by atoms with Crippen LogP contribution in [-0.2, 0) is 6.42 Å². The van der Waals surface area contributed by atoms with Crippen LogP contribution in [0.4, 0.5) is 0 Å². The molecule has 2 aromatic rings. The molecule has 3 N–H and O–H groups in total. The van der Waals surface area contributed by atoms with Gasteiger partial charge in [0.25, 0.3) is 0 Å². The van der Waals surface area contributed by atoms with Crippen molar-refractivity contribution in [2.45, 2.75) is 6.42 Å². The number of aromatic nitrogens is 2. The van der Waals surface area contributed by atoms with E-state index in [2.05, 4.69) is 15.3 Å². The van der Waals surface area contributed by atoms with Crippen molar-refractivity contribution in [3.8, 4) is 0 Å². The lowest BCUT2D eigenvalue weighted by Gasteiger charge is -1.98. The summed E-state index contributed by atoms with van der Waals surface area (Å²) in [5.41, 5.74) is 2.09. The summed E-state index contributed by atoms with van der Waals surface area (Å²) in [5.74, 6) is 0.988. The van der Waals surface area contributed by atoms with E-state index in [0.29, 0.717) is 6.54 Å². The van der Waals surface area contributed by atoms with Gasteiger partial charge >= 0.3 is 0 Å². The summed E-state index contributed by atoms with van der Waals surface area (Å²) in [6.07, 6.45) is 0.856. The molecule has 15 heavy (non-hydrogen) atoms. The lowest BCUT2D eigenvalue weighted by atomic mass is 10.3. The molecule has 1 heterocycles. The quantitative estimate of drug-likeness (QED) is 0.629. The van der Waals surface area contributed by atoms with Gasteiger partial charge in [0.05, 0.1) is 17.6 Å². The maximum atomic E-state index is 8.59. The van der Waals surface area contributed by atoms with Crippen molar-refractivity contribution in [3.05, 3.63) is 30.1 Å². The minimum absolute atomic E-state index is 0.181. The summed E-state index contributed by atoms with van der Waals surface area (Å²) in [5, 5.41) is 11.7. The predicted octanol–water partition coefficient (Wildman–Crippen LogP) is 0.687. The van der Waals surface area contributed by atoms with Gasteiger partial charge in [-0.1, -0.05) is 12.1 Å². The molecule has 0 saturated carbocycles. The molecular formula is C11H15N3O. The average molecular weight is 205 g/mol. The van der Waals surface area contributed by atoms with E-state index >= 15 is 0 Å². The number of aliphatic hydroxyl groups is 1. The number of imidazole rings is 1. The van der Waals surface area contributed by atoms with Crippen LogP contribution in [0.3, 0.4) is 0 Å². The highest BCUT2D eigenvalue weighted by Gasteiger charge is 2.00. The highest BCUT2D eigenvalue weighted by atomic mass is 16.3. The Balaban J connectivity index is 1.97. The average Bonchev–Trinajstić information content (AvgIpc) is 2.67. The number of fused-ring (bicyclic) bond motifs is 1. The van der Waals surface area contributed by atoms with Gasteiger partial charge in [0, 0.05) is 19.5 Å². The minimum atomic E-state index is 0.181. The standard InChI is InChI=1S/C11H15N3O/c15-8-7-12-6-5-11-13-9-3-1-2-4-10(9)14-11/h1-4,12,15H,5-8H2,(H,13,14). The SMILES string of the molecule is OCCNCCc1nc2ccccc2[nH]1. The molecule has 0 unspecified atom stereocenters. The van der Waals surface area contributed by atoms with Crippen molar-refractivity contribution in [3.63, 3.8) is 0 Å². The van der Waals surface area contributed by atoms with Crippen LogP contribution in [-0.4, -0.2) is 34.8 Å². The summed E-state index contributed by atoms with van der Waals surface area (Å²) in [4.78, 5) is 7.71. The number of hydrogen-bond donors (Lipinski definition) is 3. The fourth-order valence-corrected chi connectivity index (χ4v) is 1.53. The Labute approximate surface area is 88.3 Å². The van der Waals surface area contributed by atoms with Crippen molar-refractivity contribution in [1.82, 2.24) is 15.3 Å². The van der Waals surface area contributed by atoms with Crippen LogP contribution in [0.1, 0.15) is 5.82 Å². The molecule has 0 aliphatic rings. The first-order valence-corrected chi connectivity index (χ1v) is 5.15. The van der Waals surface area contributed by atoms with E-state index in [1.165, 1.54) is 0 Å². The van der Waals surface area contributed by atoms with Gasteiger partial charge in [-0.3, -0.25) is 0 Å². The van der Waals surface area contributed by atoms with E-state index in [1.807, 2.05) is 24.3 Å². The van der Waals surface area contributed by atoms with Crippen LogP contribution >= 0.6 is 0 Å². The lowest BCUT2D eigenvalue weighted by Crippen LogP contribution is -2.21. The molecule has 0 bridgehead atoms. The molecule has 0 spiro atoms. The Kier molecular flexibility index (Phi) is 3.32. The first-order valence-electron chi connectivity index (χ1n) is 5.15. The zero-order valence-corrected chi connectivity index (χ0v) is 8.53. The second-order valence-corrected chi connectivity index (χ2v) is 3.42. The third-order valence-electron chi connectivity index (χ3n) is 2.27. The van der Waals surface area contributed by atoms with Gasteiger partial charge < -0.3 is 15.4 Å². The monoisotopic (exact) mass is 205 g/mol. The first kappa shape index (κ1) is 10.1. The van der Waals surface area contributed by atoms with Crippen LogP contribution in [0.25, 0.3) is 11.0 Å². The molecule has 4 nitrogen and oxygen atoms in total. The third kappa shape index (κ3) is 2.55. The van der Waals surface area contributed by atoms with Gasteiger partial charge in [0.1, 0.15) is 5.82 Å². The Morgan fingerprint density at radius 3 is 2.93 bits per heavy atom. The van der Waals surface area contributed by atoms with E-state index in [4.69, 9.17) is 5.11 Å². The molecule has 0 aliphatic heterocycles. The summed E-state index contributed by atoms with van der Waals surface area (Å²) < 4.78 is 0. The van der Waals surface area contributed by atoms with Crippen molar-refractivity contribution < 1.29 is 5.11 Å². The highest BCUT2D eigenvalue weighted by Crippen LogP contribution is 2.09. The van der Waals surface area contributed by atoms with E-state index in [9.17, 15) is 0 Å². The molecule has 0 amide bonds. The fraction of sp³-hybridized carbons (Fsp3) is 0.364. The maximum Gasteiger partial charge on any atom is 0.108 e. The molecule has 4 heteroatoms. The number of aliphatic hydroxyl groups excluding tert-OH is 1. The summed E-state index contributed by atoms with van der Waals surface area (Å²) in [6, 6.07) is 7.99. The fourth-order valence-electron chi connectivity index (χ4n) is 1.53. The summed E-state index contributed by atoms with van der Waals surface area (Å²) in [7, 11) is 0. The van der Waals surface area contributed by atoms with Crippen LogP contribution in [0.2, 0.25) is 0 Å². The topological polar surface area (TPSA) is 60.9 Å². The zero-order valence-electron chi connectivity index (χ0n) is 8.53. The molecule has 80 valence electrons. The smallest absolute Gasteiger partial charge is 0.108 e. The molecule has 1 aromatic carbocycles. The molecule has 0 atom stereocenters. The molecule has 0 radical (unpaired) electrons. The van der Waals surface area contributed by atoms with Gasteiger partial charge in [0.15, 0.2) is 0 Å². The largest absolute Gasteiger partial charge is 0.395 e. The number of rotatable bonds is 5. The number of nitrogens with zero attached hydrogens (tertiary/aromatic N) is 1. The number of hydrogen-bond acceptors (Lipinski definition) is 3. The third-order valence-corrected chi connectivity index (χ3v) is 2.27. The Hall–Kier alpha value is -1.39. The lowest BCUT2D eigenvalue weighted by molar-refractivity contribution is 0.292. The van der Waals surface area contributed by atoms with Crippen molar-refractivity contribution >= 4 is 11.0 Å². The molecule has 0 saturated heterocycles. The number of aromatic amines is 1. The first-order chi connectivity index (χ1) is 7.40. The van der Waals surface area contributed by atoms with Gasteiger partial charge in [0.2, 0.25) is 0 Å². The van der Waals surface area contributed by atoms with Gasteiger partial charge in [-0.25, -0.2) is 4.98 Å². The molecular weight excluding hydrogens is 190 g/mol. The van der Waals surface area contributed by atoms with Gasteiger partial charge in [-0.2, -0.15) is 0 Å². The van der Waals surface area contributed by atoms with Gasteiger partial charge in [-0.05, 0) is 12.1 Å². The van der Waals surface area contributed by atoms with Gasteiger partial charge in [-0.15, -0.1) is 0 Å². The van der Waals surface area contributed by atoms with E-state index < -0.39 is 0 Å². The molecule has 0 fully saturated rings. The van der Waals surface area contributed by atoms with Crippen LogP contribution in [0.15, 0.2) is 24.3 Å².